The van der Waals surface area contributed by atoms with Gasteiger partial charge in [-0.05, 0) is 73.1 Å². The third-order valence-corrected chi connectivity index (χ3v) is 4.90. The Kier molecular flexibility index (Phi) is 8.14. The molecule has 1 aliphatic heterocycles. The van der Waals surface area contributed by atoms with Crippen LogP contribution in [0.4, 0.5) is 5.69 Å². The van der Waals surface area contributed by atoms with Crippen LogP contribution in [-0.2, 0) is 9.53 Å². The zero-order valence-electron chi connectivity index (χ0n) is 17.2. The summed E-state index contributed by atoms with van der Waals surface area (Å²) in [5, 5.41) is 8.56. The minimum absolute atomic E-state index is 0.102. The zero-order chi connectivity index (χ0) is 22.1. The van der Waals surface area contributed by atoms with Crippen LogP contribution in [0.3, 0.4) is 0 Å². The van der Waals surface area contributed by atoms with Crippen molar-refractivity contribution in [1.29, 1.82) is 0 Å². The second-order valence-electron chi connectivity index (χ2n) is 6.97. The van der Waals surface area contributed by atoms with Gasteiger partial charge in [-0.1, -0.05) is 12.1 Å². The van der Waals surface area contributed by atoms with Crippen molar-refractivity contribution < 1.29 is 19.1 Å². The van der Waals surface area contributed by atoms with Crippen molar-refractivity contribution in [1.82, 2.24) is 10.6 Å². The largest absolute Gasteiger partial charge is 0.497 e. The molecular formula is C23H25N3O4S. The highest BCUT2D eigenvalue weighted by Crippen LogP contribution is 2.13. The molecule has 0 spiro atoms. The summed E-state index contributed by atoms with van der Waals surface area (Å²) in [5.41, 5.74) is 2.07. The van der Waals surface area contributed by atoms with Crippen molar-refractivity contribution in [2.45, 2.75) is 18.9 Å². The number of hydrogen-bond donors (Lipinski definition) is 3. The molecule has 0 radical (unpaired) electrons. The Hall–Kier alpha value is -3.23. The minimum Gasteiger partial charge on any atom is -0.497 e. The fourth-order valence-electron chi connectivity index (χ4n) is 3.02. The molecule has 2 aromatic rings. The van der Waals surface area contributed by atoms with E-state index in [1.165, 1.54) is 6.08 Å². The van der Waals surface area contributed by atoms with Crippen LogP contribution in [0.1, 0.15) is 28.8 Å². The van der Waals surface area contributed by atoms with Gasteiger partial charge in [0.05, 0.1) is 13.2 Å². The second kappa shape index (κ2) is 11.2. The number of anilines is 1. The summed E-state index contributed by atoms with van der Waals surface area (Å²) in [7, 11) is 1.60. The maximum atomic E-state index is 12.2. The number of amides is 2. The van der Waals surface area contributed by atoms with Crippen LogP contribution >= 0.6 is 12.2 Å². The number of ether oxygens (including phenoxy) is 2. The molecule has 0 aromatic heterocycles. The molecule has 1 atom stereocenters. The van der Waals surface area contributed by atoms with Crippen LogP contribution in [0.25, 0.3) is 6.08 Å². The monoisotopic (exact) mass is 439 g/mol. The average Bonchev–Trinajstić information content (AvgIpc) is 3.30. The lowest BCUT2D eigenvalue weighted by atomic mass is 10.2. The van der Waals surface area contributed by atoms with Gasteiger partial charge in [0, 0.05) is 30.5 Å². The van der Waals surface area contributed by atoms with E-state index < -0.39 is 0 Å². The number of nitrogens with one attached hydrogen (secondary N) is 3. The third-order valence-electron chi connectivity index (χ3n) is 4.70. The Morgan fingerprint density at radius 2 is 1.90 bits per heavy atom. The van der Waals surface area contributed by atoms with Gasteiger partial charge in [-0.3, -0.25) is 14.9 Å². The van der Waals surface area contributed by atoms with Gasteiger partial charge < -0.3 is 20.1 Å². The Morgan fingerprint density at radius 1 is 1.16 bits per heavy atom. The molecule has 1 aliphatic rings. The van der Waals surface area contributed by atoms with Gasteiger partial charge in [-0.25, -0.2) is 0 Å². The zero-order valence-corrected chi connectivity index (χ0v) is 18.0. The van der Waals surface area contributed by atoms with Crippen molar-refractivity contribution in [2.75, 3.05) is 25.6 Å². The molecule has 1 saturated heterocycles. The fourth-order valence-corrected chi connectivity index (χ4v) is 3.24. The molecule has 0 saturated carbocycles. The third kappa shape index (κ3) is 7.20. The van der Waals surface area contributed by atoms with Crippen LogP contribution in [0, 0.1) is 0 Å². The smallest absolute Gasteiger partial charge is 0.251 e. The molecule has 3 rings (SSSR count). The number of carbonyl (C=O) groups is 2. The van der Waals surface area contributed by atoms with E-state index in [0.29, 0.717) is 17.8 Å². The van der Waals surface area contributed by atoms with Crippen LogP contribution in [0.15, 0.2) is 54.6 Å². The molecule has 31 heavy (non-hydrogen) atoms. The number of methoxy groups -OCH3 is 1. The van der Waals surface area contributed by atoms with Gasteiger partial charge in [0.25, 0.3) is 5.91 Å². The second-order valence-corrected chi connectivity index (χ2v) is 7.38. The number of hydrogen-bond acceptors (Lipinski definition) is 5. The number of thiocarbonyl (C=S) groups is 1. The summed E-state index contributed by atoms with van der Waals surface area (Å²) in [5.74, 6) is 0.248. The molecule has 1 unspecified atom stereocenters. The first-order valence-corrected chi connectivity index (χ1v) is 10.4. The summed E-state index contributed by atoms with van der Waals surface area (Å²) in [6.45, 7) is 1.27. The lowest BCUT2D eigenvalue weighted by Crippen LogP contribution is -2.33. The molecule has 1 fully saturated rings. The fraction of sp³-hybridized carbons (Fsp3) is 0.261. The predicted octanol–water partition coefficient (Wildman–Crippen LogP) is 3.13. The highest BCUT2D eigenvalue weighted by molar-refractivity contribution is 7.80. The Balaban J connectivity index is 1.44. The quantitative estimate of drug-likeness (QED) is 0.454. The molecule has 1 heterocycles. The van der Waals surface area contributed by atoms with Gasteiger partial charge >= 0.3 is 0 Å². The lowest BCUT2D eigenvalue weighted by Gasteiger charge is -2.11. The maximum absolute atomic E-state index is 12.2. The minimum atomic E-state index is -0.349. The van der Waals surface area contributed by atoms with E-state index in [0.717, 1.165) is 30.8 Å². The first-order valence-electron chi connectivity index (χ1n) is 9.97. The van der Waals surface area contributed by atoms with Crippen LogP contribution < -0.4 is 20.7 Å². The van der Waals surface area contributed by atoms with Gasteiger partial charge in [0.1, 0.15) is 5.75 Å². The first-order chi connectivity index (χ1) is 15.0. The van der Waals surface area contributed by atoms with E-state index in [4.69, 9.17) is 21.7 Å². The topological polar surface area (TPSA) is 88.7 Å². The van der Waals surface area contributed by atoms with Gasteiger partial charge in [0.15, 0.2) is 5.11 Å². The molecule has 2 amide bonds. The highest BCUT2D eigenvalue weighted by Gasteiger charge is 2.16. The van der Waals surface area contributed by atoms with E-state index in [9.17, 15) is 9.59 Å². The molecule has 0 bridgehead atoms. The first kappa shape index (κ1) is 22.5. The average molecular weight is 440 g/mol. The lowest BCUT2D eigenvalue weighted by molar-refractivity contribution is -0.115. The van der Waals surface area contributed by atoms with E-state index in [-0.39, 0.29) is 23.0 Å². The summed E-state index contributed by atoms with van der Waals surface area (Å²) in [6.07, 6.45) is 5.19. The van der Waals surface area contributed by atoms with Gasteiger partial charge in [-0.2, -0.15) is 0 Å². The van der Waals surface area contributed by atoms with Crippen LogP contribution in [0.5, 0.6) is 5.75 Å². The van der Waals surface area contributed by atoms with E-state index in [1.54, 1.807) is 37.5 Å². The Morgan fingerprint density at radius 3 is 2.55 bits per heavy atom. The molecule has 7 nitrogen and oxygen atoms in total. The Bertz CT molecular complexity index is 936. The van der Waals surface area contributed by atoms with E-state index in [1.807, 2.05) is 24.3 Å². The van der Waals surface area contributed by atoms with Gasteiger partial charge in [-0.15, -0.1) is 0 Å². The Labute approximate surface area is 186 Å². The summed E-state index contributed by atoms with van der Waals surface area (Å²) in [4.78, 5) is 24.3. The molecule has 162 valence electrons. The van der Waals surface area contributed by atoms with Crippen LogP contribution in [-0.4, -0.2) is 43.3 Å². The van der Waals surface area contributed by atoms with Gasteiger partial charge in [0.2, 0.25) is 5.91 Å². The SMILES string of the molecule is COc1ccc(/C=C/C(=O)NC(=S)Nc2ccc(C(=O)NCC3CCCO3)cc2)cc1. The molecular weight excluding hydrogens is 414 g/mol. The van der Waals surface area contributed by atoms with E-state index >= 15 is 0 Å². The number of carbonyl (C=O) groups excluding carboxylic acids is 2. The standard InChI is InChI=1S/C23H25N3O4S/c1-29-19-11-4-16(5-12-19)6-13-21(27)26-23(31)25-18-9-7-17(8-10-18)22(28)24-15-20-3-2-14-30-20/h4-13,20H,2-3,14-15H2,1H3,(H,24,28)(H2,25,26,27,31)/b13-6+. The number of benzene rings is 2. The molecule has 2 aromatic carbocycles. The normalized spacial score (nSPS) is 15.5. The molecule has 0 aliphatic carbocycles. The molecule has 3 N–H and O–H groups in total. The highest BCUT2D eigenvalue weighted by atomic mass is 32.1. The van der Waals surface area contributed by atoms with Crippen LogP contribution in [0.2, 0.25) is 0 Å². The molecule has 8 heteroatoms. The summed E-state index contributed by atoms with van der Waals surface area (Å²) >= 11 is 5.18. The summed E-state index contributed by atoms with van der Waals surface area (Å²) < 4.78 is 10.6. The maximum Gasteiger partial charge on any atom is 0.251 e. The summed E-state index contributed by atoms with van der Waals surface area (Å²) in [6, 6.07) is 14.2. The van der Waals surface area contributed by atoms with Crippen molar-refractivity contribution in [3.05, 3.63) is 65.7 Å². The van der Waals surface area contributed by atoms with Crippen molar-refractivity contribution in [2.24, 2.45) is 0 Å². The van der Waals surface area contributed by atoms with Crippen molar-refractivity contribution >= 4 is 40.9 Å². The van der Waals surface area contributed by atoms with E-state index in [2.05, 4.69) is 16.0 Å². The number of rotatable bonds is 7. The van der Waals surface area contributed by atoms with Crippen molar-refractivity contribution in [3.63, 3.8) is 0 Å². The predicted molar refractivity (Wildman–Crippen MR) is 124 cm³/mol. The van der Waals surface area contributed by atoms with Crippen molar-refractivity contribution in [3.8, 4) is 5.75 Å².